The summed E-state index contributed by atoms with van der Waals surface area (Å²) in [4.78, 5) is 25.4. The van der Waals surface area contributed by atoms with Crippen LogP contribution in [0.15, 0.2) is 18.2 Å². The monoisotopic (exact) mass is 407 g/mol. The fourth-order valence-electron chi connectivity index (χ4n) is 2.14. The van der Waals surface area contributed by atoms with E-state index in [1.165, 1.54) is 0 Å². The van der Waals surface area contributed by atoms with Crippen LogP contribution in [0.5, 0.6) is 0 Å². The van der Waals surface area contributed by atoms with E-state index in [1.54, 1.807) is 25.1 Å². The SMILES string of the molecule is CCCS(=O)(=O)CCN1C(=O)c2cccc(I)c2C1=O. The summed E-state index contributed by atoms with van der Waals surface area (Å²) in [5, 5.41) is 0. The highest BCUT2D eigenvalue weighted by Gasteiger charge is 2.37. The van der Waals surface area contributed by atoms with Gasteiger partial charge in [0.05, 0.1) is 16.9 Å². The molecular formula is C13H14INO4S. The molecule has 0 aromatic heterocycles. The Morgan fingerprint density at radius 2 is 1.85 bits per heavy atom. The van der Waals surface area contributed by atoms with Gasteiger partial charge in [-0.25, -0.2) is 8.42 Å². The summed E-state index contributed by atoms with van der Waals surface area (Å²) in [6.45, 7) is 1.70. The number of benzene rings is 1. The van der Waals surface area contributed by atoms with E-state index in [0.29, 0.717) is 21.1 Å². The van der Waals surface area contributed by atoms with E-state index in [-0.39, 0.29) is 18.1 Å². The summed E-state index contributed by atoms with van der Waals surface area (Å²) in [5.74, 6) is -0.909. The predicted octanol–water partition coefficient (Wildman–Crippen LogP) is 1.71. The van der Waals surface area contributed by atoms with Crippen LogP contribution >= 0.6 is 22.6 Å². The van der Waals surface area contributed by atoms with Crippen molar-refractivity contribution in [3.8, 4) is 0 Å². The Morgan fingerprint density at radius 3 is 2.45 bits per heavy atom. The molecule has 0 spiro atoms. The number of halogens is 1. The second-order valence-electron chi connectivity index (χ2n) is 4.58. The maximum absolute atomic E-state index is 12.2. The molecule has 0 atom stereocenters. The quantitative estimate of drug-likeness (QED) is 0.551. The fraction of sp³-hybridized carbons (Fsp3) is 0.385. The molecule has 1 aromatic carbocycles. The third-order valence-electron chi connectivity index (χ3n) is 3.09. The first-order chi connectivity index (χ1) is 9.37. The van der Waals surface area contributed by atoms with Crippen molar-refractivity contribution in [2.24, 2.45) is 0 Å². The number of amides is 2. The van der Waals surface area contributed by atoms with Crippen molar-refractivity contribution < 1.29 is 18.0 Å². The average molecular weight is 407 g/mol. The first kappa shape index (κ1) is 15.4. The van der Waals surface area contributed by atoms with Crippen LogP contribution in [0.25, 0.3) is 0 Å². The zero-order valence-corrected chi connectivity index (χ0v) is 13.9. The molecule has 0 fully saturated rings. The molecule has 108 valence electrons. The van der Waals surface area contributed by atoms with Crippen molar-refractivity contribution in [2.75, 3.05) is 18.1 Å². The molecule has 20 heavy (non-hydrogen) atoms. The molecule has 0 saturated heterocycles. The van der Waals surface area contributed by atoms with E-state index >= 15 is 0 Å². The zero-order valence-electron chi connectivity index (χ0n) is 10.9. The van der Waals surface area contributed by atoms with Gasteiger partial charge in [0.25, 0.3) is 11.8 Å². The van der Waals surface area contributed by atoms with Gasteiger partial charge in [0.15, 0.2) is 9.84 Å². The molecule has 5 nitrogen and oxygen atoms in total. The zero-order chi connectivity index (χ0) is 14.9. The fourth-order valence-corrected chi connectivity index (χ4v) is 4.15. The molecule has 0 unspecified atom stereocenters. The van der Waals surface area contributed by atoms with Crippen molar-refractivity contribution in [1.29, 1.82) is 0 Å². The lowest BCUT2D eigenvalue weighted by atomic mass is 10.1. The Morgan fingerprint density at radius 1 is 1.15 bits per heavy atom. The molecule has 7 heteroatoms. The number of hydrogen-bond donors (Lipinski definition) is 0. The number of rotatable bonds is 5. The lowest BCUT2D eigenvalue weighted by Crippen LogP contribution is -2.34. The van der Waals surface area contributed by atoms with Crippen LogP contribution in [-0.2, 0) is 9.84 Å². The second-order valence-corrected chi connectivity index (χ2v) is 8.04. The summed E-state index contributed by atoms with van der Waals surface area (Å²) in [6, 6.07) is 5.06. The van der Waals surface area contributed by atoms with Gasteiger partial charge in [-0.2, -0.15) is 0 Å². The van der Waals surface area contributed by atoms with Crippen molar-refractivity contribution in [3.05, 3.63) is 32.9 Å². The Hall–Kier alpha value is -0.960. The number of hydrogen-bond acceptors (Lipinski definition) is 4. The van der Waals surface area contributed by atoms with Crippen molar-refractivity contribution in [2.45, 2.75) is 13.3 Å². The highest BCUT2D eigenvalue weighted by Crippen LogP contribution is 2.26. The minimum atomic E-state index is -3.21. The van der Waals surface area contributed by atoms with Gasteiger partial charge in [-0.1, -0.05) is 13.0 Å². The molecule has 0 saturated carbocycles. The maximum Gasteiger partial charge on any atom is 0.262 e. The van der Waals surface area contributed by atoms with Gasteiger partial charge < -0.3 is 0 Å². The van der Waals surface area contributed by atoms with E-state index in [2.05, 4.69) is 0 Å². The van der Waals surface area contributed by atoms with Crippen LogP contribution in [0.3, 0.4) is 0 Å². The van der Waals surface area contributed by atoms with Gasteiger partial charge in [-0.05, 0) is 41.1 Å². The number of imide groups is 1. The third kappa shape index (κ3) is 2.88. The number of carbonyl (C=O) groups is 2. The van der Waals surface area contributed by atoms with Gasteiger partial charge in [-0.3, -0.25) is 14.5 Å². The van der Waals surface area contributed by atoms with Gasteiger partial charge in [-0.15, -0.1) is 0 Å². The van der Waals surface area contributed by atoms with Crippen LogP contribution < -0.4 is 0 Å². The normalized spacial score (nSPS) is 14.8. The molecule has 2 rings (SSSR count). The lowest BCUT2D eigenvalue weighted by molar-refractivity contribution is 0.0664. The van der Waals surface area contributed by atoms with Crippen LogP contribution in [0.2, 0.25) is 0 Å². The molecule has 0 bridgehead atoms. The number of fused-ring (bicyclic) bond motifs is 1. The Labute approximate surface area is 131 Å². The van der Waals surface area contributed by atoms with Gasteiger partial charge in [0, 0.05) is 15.9 Å². The summed E-state index contributed by atoms with van der Waals surface area (Å²) in [5.41, 5.74) is 0.737. The molecule has 0 radical (unpaired) electrons. The van der Waals surface area contributed by atoms with E-state index in [9.17, 15) is 18.0 Å². The predicted molar refractivity (Wildman–Crippen MR) is 83.5 cm³/mol. The van der Waals surface area contributed by atoms with Crippen molar-refractivity contribution in [3.63, 3.8) is 0 Å². The molecule has 0 aliphatic carbocycles. The van der Waals surface area contributed by atoms with E-state index in [0.717, 1.165) is 4.90 Å². The second kappa shape index (κ2) is 5.80. The molecule has 1 aromatic rings. The lowest BCUT2D eigenvalue weighted by Gasteiger charge is -2.13. The summed E-state index contributed by atoms with van der Waals surface area (Å²) >= 11 is 2.00. The highest BCUT2D eigenvalue weighted by molar-refractivity contribution is 14.1. The molecule has 2 amide bonds. The molecule has 1 aliphatic heterocycles. The first-order valence-electron chi connectivity index (χ1n) is 6.22. The topological polar surface area (TPSA) is 71.5 Å². The van der Waals surface area contributed by atoms with Crippen LogP contribution in [0.1, 0.15) is 34.1 Å². The van der Waals surface area contributed by atoms with Gasteiger partial charge in [0.1, 0.15) is 0 Å². The number of carbonyl (C=O) groups excluding carboxylic acids is 2. The van der Waals surface area contributed by atoms with Crippen LogP contribution in [-0.4, -0.2) is 43.2 Å². The van der Waals surface area contributed by atoms with E-state index in [4.69, 9.17) is 0 Å². The summed E-state index contributed by atoms with van der Waals surface area (Å²) in [7, 11) is -3.21. The number of sulfone groups is 1. The maximum atomic E-state index is 12.2. The minimum absolute atomic E-state index is 0.0771. The van der Waals surface area contributed by atoms with Gasteiger partial charge in [0.2, 0.25) is 0 Å². The Bertz CT molecular complexity index is 669. The Balaban J connectivity index is 2.20. The standard InChI is InChI=1S/C13H14INO4S/c1-2-7-20(18,19)8-6-15-12(16)9-4-3-5-10(14)11(9)13(15)17/h3-5H,2,6-8H2,1H3. The largest absolute Gasteiger partial charge is 0.273 e. The smallest absolute Gasteiger partial charge is 0.262 e. The summed E-state index contributed by atoms with van der Waals surface area (Å²) in [6.07, 6.45) is 0.530. The first-order valence-corrected chi connectivity index (χ1v) is 9.12. The average Bonchev–Trinajstić information content (AvgIpc) is 2.61. The molecule has 0 N–H and O–H groups in total. The summed E-state index contributed by atoms with van der Waals surface area (Å²) < 4.78 is 24.1. The van der Waals surface area contributed by atoms with Gasteiger partial charge >= 0.3 is 0 Å². The molecule has 1 heterocycles. The van der Waals surface area contributed by atoms with Crippen LogP contribution in [0, 0.1) is 3.57 Å². The Kier molecular flexibility index (Phi) is 4.48. The van der Waals surface area contributed by atoms with E-state index in [1.807, 2.05) is 22.6 Å². The molecular weight excluding hydrogens is 393 g/mol. The number of nitrogens with zero attached hydrogens (tertiary/aromatic N) is 1. The van der Waals surface area contributed by atoms with Crippen molar-refractivity contribution >= 4 is 44.2 Å². The minimum Gasteiger partial charge on any atom is -0.273 e. The van der Waals surface area contributed by atoms with Crippen LogP contribution in [0.4, 0.5) is 0 Å². The van der Waals surface area contributed by atoms with E-state index < -0.39 is 21.7 Å². The third-order valence-corrected chi connectivity index (χ3v) is 5.82. The molecule has 1 aliphatic rings. The highest BCUT2D eigenvalue weighted by atomic mass is 127. The van der Waals surface area contributed by atoms with Crippen molar-refractivity contribution in [1.82, 2.24) is 4.90 Å².